The van der Waals surface area contributed by atoms with Crippen LogP contribution in [0, 0.1) is 13.0 Å². The standard InChI is InChI=1S/C18H18BrO2.Y/c1-13-2-5-15-6-9-17(21-18(15)10-13)12-20-11-14-3-7-16(19)8-4-14;/h2-5,7-8,17H,6,9,11-12H2,1H3;/q-1;. The van der Waals surface area contributed by atoms with Gasteiger partial charge in [-0.05, 0) is 24.1 Å². The van der Waals surface area contributed by atoms with Gasteiger partial charge in [0.15, 0.2) is 0 Å². The third kappa shape index (κ3) is 4.89. The van der Waals surface area contributed by atoms with Crippen molar-refractivity contribution in [2.45, 2.75) is 32.5 Å². The summed E-state index contributed by atoms with van der Waals surface area (Å²) in [6.07, 6.45) is 2.17. The van der Waals surface area contributed by atoms with Crippen molar-refractivity contribution in [2.24, 2.45) is 0 Å². The molecule has 1 heterocycles. The molecule has 0 saturated carbocycles. The number of halogens is 1. The molecule has 0 amide bonds. The maximum absolute atomic E-state index is 5.98. The second-order valence-electron chi connectivity index (χ2n) is 5.42. The molecule has 0 aromatic heterocycles. The van der Waals surface area contributed by atoms with E-state index < -0.39 is 0 Å². The van der Waals surface area contributed by atoms with Crippen LogP contribution in [-0.4, -0.2) is 12.7 Å². The molecule has 22 heavy (non-hydrogen) atoms. The average Bonchev–Trinajstić information content (AvgIpc) is 2.49. The summed E-state index contributed by atoms with van der Waals surface area (Å²) in [6, 6.07) is 15.7. The monoisotopic (exact) mass is 434 g/mol. The fourth-order valence-electron chi connectivity index (χ4n) is 2.45. The predicted molar refractivity (Wildman–Crippen MR) is 86.6 cm³/mol. The summed E-state index contributed by atoms with van der Waals surface area (Å²) in [5.74, 6) is 0.901. The molecular weight excluding hydrogens is 417 g/mol. The normalized spacial score (nSPS) is 16.4. The average molecular weight is 435 g/mol. The Morgan fingerprint density at radius 1 is 1.23 bits per heavy atom. The van der Waals surface area contributed by atoms with E-state index in [2.05, 4.69) is 46.3 Å². The maximum atomic E-state index is 5.98. The Morgan fingerprint density at radius 3 is 2.77 bits per heavy atom. The Hall–Kier alpha value is -0.216. The van der Waals surface area contributed by atoms with Crippen LogP contribution in [0.1, 0.15) is 23.1 Å². The third-order valence-electron chi connectivity index (χ3n) is 3.64. The topological polar surface area (TPSA) is 18.5 Å². The summed E-state index contributed by atoms with van der Waals surface area (Å²) in [4.78, 5) is 0. The number of benzene rings is 2. The molecule has 1 unspecified atom stereocenters. The SMILES string of the molecule is Cc1[c-]c2c(cc1)CCC(COCc1ccc(Br)cc1)O2.[Y]. The first-order chi connectivity index (χ1) is 10.2. The molecular formula is C18H18BrO2Y-. The van der Waals surface area contributed by atoms with Crippen LogP contribution in [0.3, 0.4) is 0 Å². The number of hydrogen-bond acceptors (Lipinski definition) is 2. The minimum Gasteiger partial charge on any atom is -0.514 e. The number of ether oxygens (including phenoxy) is 2. The minimum absolute atomic E-state index is 0. The van der Waals surface area contributed by atoms with Crippen molar-refractivity contribution in [3.63, 3.8) is 0 Å². The maximum Gasteiger partial charge on any atom is 0.118 e. The molecule has 3 rings (SSSR count). The Balaban J connectivity index is 0.00000176. The zero-order chi connectivity index (χ0) is 14.7. The van der Waals surface area contributed by atoms with Crippen LogP contribution < -0.4 is 4.74 Å². The fraction of sp³-hybridized carbons (Fsp3) is 0.333. The van der Waals surface area contributed by atoms with Crippen molar-refractivity contribution >= 4 is 15.9 Å². The van der Waals surface area contributed by atoms with Crippen LogP contribution in [0.4, 0.5) is 0 Å². The molecule has 0 fully saturated rings. The Bertz CT molecular complexity index is 613. The van der Waals surface area contributed by atoms with E-state index in [-0.39, 0.29) is 38.8 Å². The number of aryl methyl sites for hydroxylation is 2. The van der Waals surface area contributed by atoms with E-state index in [0.29, 0.717) is 13.2 Å². The van der Waals surface area contributed by atoms with Crippen LogP contribution in [0.25, 0.3) is 0 Å². The zero-order valence-corrected chi connectivity index (χ0v) is 17.1. The summed E-state index contributed by atoms with van der Waals surface area (Å²) < 4.78 is 12.9. The van der Waals surface area contributed by atoms with E-state index >= 15 is 0 Å². The van der Waals surface area contributed by atoms with Gasteiger partial charge in [-0.2, -0.15) is 17.7 Å². The number of rotatable bonds is 4. The Labute approximate surface area is 165 Å². The van der Waals surface area contributed by atoms with Crippen LogP contribution in [0.15, 0.2) is 40.9 Å². The van der Waals surface area contributed by atoms with Crippen molar-refractivity contribution in [1.29, 1.82) is 0 Å². The summed E-state index contributed by atoms with van der Waals surface area (Å²) in [5.41, 5.74) is 3.55. The molecule has 1 aliphatic rings. The molecule has 1 radical (unpaired) electrons. The van der Waals surface area contributed by atoms with E-state index in [9.17, 15) is 0 Å². The van der Waals surface area contributed by atoms with E-state index in [1.54, 1.807) is 0 Å². The summed E-state index contributed by atoms with van der Waals surface area (Å²) in [5, 5.41) is 0. The van der Waals surface area contributed by atoms with E-state index in [1.165, 1.54) is 11.1 Å². The molecule has 113 valence electrons. The van der Waals surface area contributed by atoms with Crippen molar-refractivity contribution in [3.05, 3.63) is 63.6 Å². The zero-order valence-electron chi connectivity index (χ0n) is 12.6. The molecule has 2 aromatic rings. The first-order valence-corrected chi connectivity index (χ1v) is 8.00. The molecule has 0 saturated heterocycles. The van der Waals surface area contributed by atoms with Crippen molar-refractivity contribution in [3.8, 4) is 5.75 Å². The summed E-state index contributed by atoms with van der Waals surface area (Å²) in [6.45, 7) is 3.28. The smallest absolute Gasteiger partial charge is 0.118 e. The van der Waals surface area contributed by atoms with Gasteiger partial charge < -0.3 is 9.47 Å². The van der Waals surface area contributed by atoms with Gasteiger partial charge in [-0.25, -0.2) is 0 Å². The van der Waals surface area contributed by atoms with Gasteiger partial charge in [0.1, 0.15) is 6.10 Å². The van der Waals surface area contributed by atoms with Crippen LogP contribution in [0.5, 0.6) is 5.75 Å². The molecule has 2 nitrogen and oxygen atoms in total. The third-order valence-corrected chi connectivity index (χ3v) is 4.17. The van der Waals surface area contributed by atoms with Crippen LogP contribution >= 0.6 is 15.9 Å². The number of fused-ring (bicyclic) bond motifs is 1. The van der Waals surface area contributed by atoms with E-state index in [1.807, 2.05) is 19.1 Å². The molecule has 1 aliphatic heterocycles. The largest absolute Gasteiger partial charge is 0.514 e. The van der Waals surface area contributed by atoms with Gasteiger partial charge in [-0.3, -0.25) is 0 Å². The Kier molecular flexibility index (Phi) is 7.07. The second kappa shape index (κ2) is 8.58. The van der Waals surface area contributed by atoms with Gasteiger partial charge in [0.2, 0.25) is 0 Å². The van der Waals surface area contributed by atoms with Gasteiger partial charge in [0, 0.05) is 42.9 Å². The molecule has 4 heteroatoms. The fourth-order valence-corrected chi connectivity index (χ4v) is 2.72. The van der Waals surface area contributed by atoms with Crippen LogP contribution in [-0.2, 0) is 50.5 Å². The van der Waals surface area contributed by atoms with Gasteiger partial charge in [-0.1, -0.05) is 41.4 Å². The van der Waals surface area contributed by atoms with Crippen molar-refractivity contribution in [1.82, 2.24) is 0 Å². The van der Waals surface area contributed by atoms with E-state index in [4.69, 9.17) is 9.47 Å². The van der Waals surface area contributed by atoms with Crippen molar-refractivity contribution < 1.29 is 42.2 Å². The van der Waals surface area contributed by atoms with Gasteiger partial charge in [0.25, 0.3) is 0 Å². The Morgan fingerprint density at radius 2 is 2.00 bits per heavy atom. The molecule has 1 atom stereocenters. The summed E-state index contributed by atoms with van der Waals surface area (Å²) in [7, 11) is 0. The minimum atomic E-state index is 0. The first kappa shape index (κ1) is 18.1. The molecule has 0 N–H and O–H groups in total. The number of hydrogen-bond donors (Lipinski definition) is 0. The quantitative estimate of drug-likeness (QED) is 0.661. The molecule has 2 aromatic carbocycles. The first-order valence-electron chi connectivity index (χ1n) is 7.21. The van der Waals surface area contributed by atoms with Crippen molar-refractivity contribution in [2.75, 3.05) is 6.61 Å². The summed E-state index contributed by atoms with van der Waals surface area (Å²) >= 11 is 3.43. The molecule has 0 aliphatic carbocycles. The van der Waals surface area contributed by atoms with Gasteiger partial charge in [-0.15, -0.1) is 11.6 Å². The molecule has 0 spiro atoms. The van der Waals surface area contributed by atoms with Crippen LogP contribution in [0.2, 0.25) is 0 Å². The molecule has 0 bridgehead atoms. The van der Waals surface area contributed by atoms with E-state index in [0.717, 1.165) is 28.6 Å². The van der Waals surface area contributed by atoms with Gasteiger partial charge >= 0.3 is 0 Å². The predicted octanol–water partition coefficient (Wildman–Crippen LogP) is 4.47. The van der Waals surface area contributed by atoms with Gasteiger partial charge in [0.05, 0.1) is 13.2 Å². The second-order valence-corrected chi connectivity index (χ2v) is 6.33.